The van der Waals surface area contributed by atoms with Crippen molar-refractivity contribution in [3.63, 3.8) is 0 Å². The number of nitrogens with zero attached hydrogens (tertiary/aromatic N) is 1. The number of carbonyl (C=O) groups excluding carboxylic acids is 1. The largest absolute Gasteiger partial charge is 0.481 e. The van der Waals surface area contributed by atoms with E-state index in [1.807, 2.05) is 32.0 Å². The van der Waals surface area contributed by atoms with Gasteiger partial charge in [0.25, 0.3) is 5.91 Å². The standard InChI is InChI=1S/C18H28N2O2/c1-4-17(18(21)19-11-12-20(2)3)22-16-10-9-14-7-5-6-8-15(14)13-16/h9-10,13,17H,4-8,11-12H2,1-3H3,(H,19,21). The Balaban J connectivity index is 1.93. The summed E-state index contributed by atoms with van der Waals surface area (Å²) in [5.41, 5.74) is 2.81. The number of nitrogens with one attached hydrogen (secondary N) is 1. The van der Waals surface area contributed by atoms with Crippen LogP contribution in [0.15, 0.2) is 18.2 Å². The lowest BCUT2D eigenvalue weighted by Gasteiger charge is -2.21. The smallest absolute Gasteiger partial charge is 0.261 e. The van der Waals surface area contributed by atoms with E-state index in [9.17, 15) is 4.79 Å². The molecule has 22 heavy (non-hydrogen) atoms. The number of ether oxygens (including phenoxy) is 1. The Labute approximate surface area is 133 Å². The number of benzene rings is 1. The summed E-state index contributed by atoms with van der Waals surface area (Å²) in [6, 6.07) is 6.27. The van der Waals surface area contributed by atoms with Gasteiger partial charge in [0.05, 0.1) is 0 Å². The molecule has 1 aliphatic rings. The van der Waals surface area contributed by atoms with Crippen LogP contribution in [-0.4, -0.2) is 44.1 Å². The Hall–Kier alpha value is -1.55. The van der Waals surface area contributed by atoms with Gasteiger partial charge in [-0.2, -0.15) is 0 Å². The fraction of sp³-hybridized carbons (Fsp3) is 0.611. The summed E-state index contributed by atoms with van der Waals surface area (Å²) >= 11 is 0. The van der Waals surface area contributed by atoms with Gasteiger partial charge >= 0.3 is 0 Å². The summed E-state index contributed by atoms with van der Waals surface area (Å²) in [4.78, 5) is 14.2. The third-order valence-corrected chi connectivity index (χ3v) is 4.12. The van der Waals surface area contributed by atoms with Gasteiger partial charge in [0.15, 0.2) is 6.10 Å². The van der Waals surface area contributed by atoms with Gasteiger partial charge in [-0.3, -0.25) is 4.79 Å². The molecule has 1 aromatic rings. The number of hydrogen-bond donors (Lipinski definition) is 1. The summed E-state index contributed by atoms with van der Waals surface area (Å²) in [7, 11) is 3.99. The average Bonchev–Trinajstić information content (AvgIpc) is 2.52. The highest BCUT2D eigenvalue weighted by atomic mass is 16.5. The van der Waals surface area contributed by atoms with E-state index in [0.29, 0.717) is 13.0 Å². The minimum Gasteiger partial charge on any atom is -0.481 e. The van der Waals surface area contributed by atoms with Crippen molar-refractivity contribution in [3.8, 4) is 5.75 Å². The number of hydrogen-bond acceptors (Lipinski definition) is 3. The van der Waals surface area contributed by atoms with Gasteiger partial charge < -0.3 is 15.0 Å². The van der Waals surface area contributed by atoms with E-state index in [2.05, 4.69) is 17.4 Å². The summed E-state index contributed by atoms with van der Waals surface area (Å²) in [6.45, 7) is 3.46. The van der Waals surface area contributed by atoms with Crippen LogP contribution in [0.2, 0.25) is 0 Å². The molecule has 2 rings (SSSR count). The van der Waals surface area contributed by atoms with Gasteiger partial charge in [0, 0.05) is 13.1 Å². The Morgan fingerprint density at radius 1 is 1.27 bits per heavy atom. The van der Waals surface area contributed by atoms with Gasteiger partial charge in [0.1, 0.15) is 5.75 Å². The van der Waals surface area contributed by atoms with Gasteiger partial charge in [-0.1, -0.05) is 13.0 Å². The molecule has 1 atom stereocenters. The molecule has 122 valence electrons. The van der Waals surface area contributed by atoms with Crippen molar-refractivity contribution in [2.75, 3.05) is 27.2 Å². The number of fused-ring (bicyclic) bond motifs is 1. The lowest BCUT2D eigenvalue weighted by Crippen LogP contribution is -2.40. The molecular weight excluding hydrogens is 276 g/mol. The first-order chi connectivity index (χ1) is 10.6. The zero-order valence-corrected chi connectivity index (χ0v) is 14.0. The van der Waals surface area contributed by atoms with Crippen LogP contribution in [0.25, 0.3) is 0 Å². The van der Waals surface area contributed by atoms with Crippen LogP contribution >= 0.6 is 0 Å². The maximum Gasteiger partial charge on any atom is 0.261 e. The van der Waals surface area contributed by atoms with Gasteiger partial charge in [0.2, 0.25) is 0 Å². The van der Waals surface area contributed by atoms with E-state index in [-0.39, 0.29) is 5.91 Å². The molecule has 1 aliphatic carbocycles. The van der Waals surface area contributed by atoms with Crippen molar-refractivity contribution < 1.29 is 9.53 Å². The zero-order chi connectivity index (χ0) is 15.9. The van der Waals surface area contributed by atoms with E-state index in [1.54, 1.807) is 0 Å². The highest BCUT2D eigenvalue weighted by Gasteiger charge is 2.19. The number of rotatable bonds is 7. The van der Waals surface area contributed by atoms with E-state index in [0.717, 1.165) is 25.1 Å². The summed E-state index contributed by atoms with van der Waals surface area (Å²) < 4.78 is 5.92. The maximum absolute atomic E-state index is 12.2. The third kappa shape index (κ3) is 4.73. The number of carbonyl (C=O) groups is 1. The first-order valence-electron chi connectivity index (χ1n) is 8.31. The first kappa shape index (κ1) is 16.8. The van der Waals surface area contributed by atoms with E-state index < -0.39 is 6.10 Å². The Morgan fingerprint density at radius 2 is 2.00 bits per heavy atom. The molecule has 0 saturated heterocycles. The topological polar surface area (TPSA) is 41.6 Å². The molecular formula is C18H28N2O2. The Morgan fingerprint density at radius 3 is 2.68 bits per heavy atom. The minimum atomic E-state index is -0.413. The molecule has 1 amide bonds. The minimum absolute atomic E-state index is 0.0259. The van der Waals surface area contributed by atoms with Crippen molar-refractivity contribution in [1.29, 1.82) is 0 Å². The quantitative estimate of drug-likeness (QED) is 0.841. The summed E-state index contributed by atoms with van der Waals surface area (Å²) in [6.07, 6.45) is 5.07. The monoisotopic (exact) mass is 304 g/mol. The van der Waals surface area contributed by atoms with E-state index >= 15 is 0 Å². The van der Waals surface area contributed by atoms with Crippen LogP contribution in [0.5, 0.6) is 5.75 Å². The number of amides is 1. The van der Waals surface area contributed by atoms with Crippen molar-refractivity contribution in [3.05, 3.63) is 29.3 Å². The average molecular weight is 304 g/mol. The molecule has 1 unspecified atom stereocenters. The van der Waals surface area contributed by atoms with Crippen molar-refractivity contribution in [2.24, 2.45) is 0 Å². The molecule has 0 heterocycles. The molecule has 0 aromatic heterocycles. The molecule has 0 aliphatic heterocycles. The van der Waals surface area contributed by atoms with Crippen LogP contribution in [0.3, 0.4) is 0 Å². The molecule has 1 aromatic carbocycles. The van der Waals surface area contributed by atoms with Gasteiger partial charge in [-0.05, 0) is 69.5 Å². The fourth-order valence-corrected chi connectivity index (χ4v) is 2.79. The molecule has 0 radical (unpaired) electrons. The second kappa shape index (κ2) is 8.18. The fourth-order valence-electron chi connectivity index (χ4n) is 2.79. The van der Waals surface area contributed by atoms with E-state index in [4.69, 9.17) is 4.74 Å². The first-order valence-corrected chi connectivity index (χ1v) is 8.31. The van der Waals surface area contributed by atoms with Crippen LogP contribution in [0.4, 0.5) is 0 Å². The molecule has 4 heteroatoms. The van der Waals surface area contributed by atoms with Crippen LogP contribution in [0, 0.1) is 0 Å². The van der Waals surface area contributed by atoms with Crippen molar-refractivity contribution in [1.82, 2.24) is 10.2 Å². The second-order valence-electron chi connectivity index (χ2n) is 6.25. The number of aryl methyl sites for hydroxylation is 2. The second-order valence-corrected chi connectivity index (χ2v) is 6.25. The summed E-state index contributed by atoms with van der Waals surface area (Å²) in [5, 5.41) is 2.94. The SMILES string of the molecule is CCC(Oc1ccc2c(c1)CCCC2)C(=O)NCCN(C)C. The highest BCUT2D eigenvalue weighted by molar-refractivity contribution is 5.81. The van der Waals surface area contributed by atoms with Crippen LogP contribution < -0.4 is 10.1 Å². The van der Waals surface area contributed by atoms with Crippen LogP contribution in [0.1, 0.15) is 37.3 Å². The highest BCUT2D eigenvalue weighted by Crippen LogP contribution is 2.26. The predicted octanol–water partition coefficient (Wildman–Crippen LogP) is 2.40. The van der Waals surface area contributed by atoms with Crippen molar-refractivity contribution >= 4 is 5.91 Å². The lowest BCUT2D eigenvalue weighted by molar-refractivity contribution is -0.128. The van der Waals surface area contributed by atoms with Crippen molar-refractivity contribution in [2.45, 2.75) is 45.1 Å². The lowest BCUT2D eigenvalue weighted by atomic mass is 9.92. The Kier molecular flexibility index (Phi) is 6.25. The molecule has 1 N–H and O–H groups in total. The van der Waals surface area contributed by atoms with Gasteiger partial charge in [-0.15, -0.1) is 0 Å². The van der Waals surface area contributed by atoms with Gasteiger partial charge in [-0.25, -0.2) is 0 Å². The number of likely N-dealkylation sites (N-methyl/N-ethyl adjacent to an activating group) is 1. The predicted molar refractivity (Wildman–Crippen MR) is 89.4 cm³/mol. The molecule has 0 fully saturated rings. The molecule has 0 saturated carbocycles. The molecule has 4 nitrogen and oxygen atoms in total. The summed E-state index contributed by atoms with van der Waals surface area (Å²) in [5.74, 6) is 0.789. The molecule has 0 bridgehead atoms. The molecule has 0 spiro atoms. The zero-order valence-electron chi connectivity index (χ0n) is 14.0. The maximum atomic E-state index is 12.2. The Bertz CT molecular complexity index is 500. The third-order valence-electron chi connectivity index (χ3n) is 4.12. The van der Waals surface area contributed by atoms with Crippen LogP contribution in [-0.2, 0) is 17.6 Å². The normalized spacial score (nSPS) is 15.3. The van der Waals surface area contributed by atoms with E-state index in [1.165, 1.54) is 24.0 Å².